The molecule has 1 rings (SSSR count). The van der Waals surface area contributed by atoms with Crippen LogP contribution in [0, 0.1) is 6.92 Å². The van der Waals surface area contributed by atoms with Gasteiger partial charge < -0.3 is 20.9 Å². The number of carbonyl (C=O) groups is 1. The van der Waals surface area contributed by atoms with Crippen LogP contribution in [0.25, 0.3) is 0 Å². The zero-order chi connectivity index (χ0) is 14.5. The molecule has 1 aromatic carbocycles. The van der Waals surface area contributed by atoms with Gasteiger partial charge in [-0.2, -0.15) is 0 Å². The monoisotopic (exact) mass is 266 g/mol. The normalized spacial score (nSPS) is 13.9. The highest BCUT2D eigenvalue weighted by Crippen LogP contribution is 2.13. The van der Waals surface area contributed by atoms with Gasteiger partial charge in [-0.15, -0.1) is 0 Å². The number of ether oxygens (including phenoxy) is 1. The van der Waals surface area contributed by atoms with Crippen molar-refractivity contribution in [2.45, 2.75) is 25.9 Å². The summed E-state index contributed by atoms with van der Waals surface area (Å²) in [5.41, 5.74) is 6.60. The van der Waals surface area contributed by atoms with Crippen LogP contribution in [0.2, 0.25) is 0 Å². The summed E-state index contributed by atoms with van der Waals surface area (Å²) in [7, 11) is 1.57. The third-order valence-corrected chi connectivity index (χ3v) is 2.98. The lowest BCUT2D eigenvalue weighted by Gasteiger charge is -2.23. The number of hydrogen-bond acceptors (Lipinski definition) is 4. The number of hydrogen-bond donors (Lipinski definition) is 3. The molecule has 0 aromatic heterocycles. The van der Waals surface area contributed by atoms with Crippen molar-refractivity contribution >= 4 is 11.6 Å². The van der Waals surface area contributed by atoms with Gasteiger partial charge in [-0.25, -0.2) is 0 Å². The quantitative estimate of drug-likeness (QED) is 0.673. The number of nitrogens with one attached hydrogen (secondary N) is 1. The minimum Gasteiger partial charge on any atom is -0.399 e. The van der Waals surface area contributed by atoms with E-state index in [-0.39, 0.29) is 12.5 Å². The number of methoxy groups -OCH3 is 1. The van der Waals surface area contributed by atoms with E-state index in [1.165, 1.54) is 0 Å². The highest BCUT2D eigenvalue weighted by atomic mass is 16.5. The summed E-state index contributed by atoms with van der Waals surface area (Å²) < 4.78 is 4.91. The maximum absolute atomic E-state index is 12.0. The van der Waals surface area contributed by atoms with Crippen LogP contribution in [-0.2, 0) is 4.74 Å². The first-order valence-electron chi connectivity index (χ1n) is 6.21. The first-order chi connectivity index (χ1) is 8.85. The van der Waals surface area contributed by atoms with Crippen molar-refractivity contribution in [3.63, 3.8) is 0 Å². The predicted octanol–water partition coefficient (Wildman–Crippen LogP) is 1.09. The summed E-state index contributed by atoms with van der Waals surface area (Å²) in [5.74, 6) is -0.234. The van der Waals surface area contributed by atoms with Crippen LogP contribution < -0.4 is 11.1 Å². The van der Waals surface area contributed by atoms with E-state index in [1.807, 2.05) is 6.92 Å². The van der Waals surface area contributed by atoms with Crippen LogP contribution in [0.4, 0.5) is 5.69 Å². The van der Waals surface area contributed by atoms with Gasteiger partial charge in [0, 0.05) is 37.9 Å². The Bertz CT molecular complexity index is 444. The second-order valence-corrected chi connectivity index (χ2v) is 5.00. The highest BCUT2D eigenvalue weighted by molar-refractivity contribution is 5.96. The van der Waals surface area contributed by atoms with Crippen molar-refractivity contribution in [2.24, 2.45) is 0 Å². The van der Waals surface area contributed by atoms with E-state index in [0.29, 0.717) is 24.3 Å². The maximum atomic E-state index is 12.0. The number of nitrogens with two attached hydrogens (primary N) is 1. The third kappa shape index (κ3) is 4.89. The second kappa shape index (κ2) is 6.54. The molecule has 0 bridgehead atoms. The fourth-order valence-corrected chi connectivity index (χ4v) is 1.66. The topological polar surface area (TPSA) is 84.6 Å². The number of nitrogen functional groups attached to an aromatic ring is 1. The average molecular weight is 266 g/mol. The molecule has 0 radical (unpaired) electrons. The molecule has 0 saturated carbocycles. The Hall–Kier alpha value is -1.59. The number of aryl methyl sites for hydroxylation is 1. The molecule has 0 aliphatic heterocycles. The number of benzene rings is 1. The van der Waals surface area contributed by atoms with Crippen LogP contribution >= 0.6 is 0 Å². The van der Waals surface area contributed by atoms with Crippen molar-refractivity contribution in [3.05, 3.63) is 29.3 Å². The molecule has 5 nitrogen and oxygen atoms in total. The Balaban J connectivity index is 2.62. The molecule has 1 aromatic rings. The molecule has 0 heterocycles. The molecule has 19 heavy (non-hydrogen) atoms. The first kappa shape index (κ1) is 15.5. The van der Waals surface area contributed by atoms with E-state index in [1.54, 1.807) is 32.2 Å². The molecule has 1 amide bonds. The van der Waals surface area contributed by atoms with Gasteiger partial charge in [0.05, 0.1) is 5.60 Å². The summed E-state index contributed by atoms with van der Waals surface area (Å²) in [6, 6.07) is 5.18. The Kier molecular flexibility index (Phi) is 5.32. The van der Waals surface area contributed by atoms with E-state index < -0.39 is 5.60 Å². The molecular weight excluding hydrogens is 244 g/mol. The lowest BCUT2D eigenvalue weighted by atomic mass is 10.0. The van der Waals surface area contributed by atoms with Crippen molar-refractivity contribution in [3.8, 4) is 0 Å². The Morgan fingerprint density at radius 1 is 1.53 bits per heavy atom. The molecule has 1 atom stereocenters. The summed E-state index contributed by atoms with van der Waals surface area (Å²) in [6.45, 7) is 4.12. The van der Waals surface area contributed by atoms with Crippen LogP contribution in [0.15, 0.2) is 18.2 Å². The predicted molar refractivity (Wildman–Crippen MR) is 75.0 cm³/mol. The minimum atomic E-state index is -0.986. The van der Waals surface area contributed by atoms with E-state index >= 15 is 0 Å². The van der Waals surface area contributed by atoms with E-state index in [0.717, 1.165) is 5.56 Å². The van der Waals surface area contributed by atoms with E-state index in [2.05, 4.69) is 5.32 Å². The Labute approximate surface area is 113 Å². The second-order valence-electron chi connectivity index (χ2n) is 5.00. The lowest BCUT2D eigenvalue weighted by Crippen LogP contribution is -2.41. The van der Waals surface area contributed by atoms with Gasteiger partial charge in [-0.1, -0.05) is 6.07 Å². The third-order valence-electron chi connectivity index (χ3n) is 2.98. The van der Waals surface area contributed by atoms with Crippen molar-refractivity contribution in [1.29, 1.82) is 0 Å². The van der Waals surface area contributed by atoms with Crippen molar-refractivity contribution in [1.82, 2.24) is 5.32 Å². The number of amides is 1. The Morgan fingerprint density at radius 2 is 2.21 bits per heavy atom. The van der Waals surface area contributed by atoms with Crippen LogP contribution in [-0.4, -0.2) is 36.9 Å². The van der Waals surface area contributed by atoms with Crippen molar-refractivity contribution < 1.29 is 14.6 Å². The molecule has 1 unspecified atom stereocenters. The maximum Gasteiger partial charge on any atom is 0.251 e. The van der Waals surface area contributed by atoms with Gasteiger partial charge in [-0.3, -0.25) is 4.79 Å². The van der Waals surface area contributed by atoms with Gasteiger partial charge in [0.1, 0.15) is 0 Å². The molecule has 0 saturated heterocycles. The van der Waals surface area contributed by atoms with Crippen LogP contribution in [0.3, 0.4) is 0 Å². The fourth-order valence-electron chi connectivity index (χ4n) is 1.66. The largest absolute Gasteiger partial charge is 0.399 e. The van der Waals surface area contributed by atoms with Gasteiger partial charge in [0.15, 0.2) is 0 Å². The van der Waals surface area contributed by atoms with Gasteiger partial charge in [0.25, 0.3) is 5.91 Å². The fraction of sp³-hybridized carbons (Fsp3) is 0.500. The molecule has 106 valence electrons. The zero-order valence-electron chi connectivity index (χ0n) is 11.7. The Morgan fingerprint density at radius 3 is 2.84 bits per heavy atom. The SMILES string of the molecule is COCCC(C)(O)CNC(=O)c1cc(N)ccc1C. The van der Waals surface area contributed by atoms with Crippen LogP contribution in [0.1, 0.15) is 29.3 Å². The molecule has 4 N–H and O–H groups in total. The minimum absolute atomic E-state index is 0.170. The van der Waals surface area contributed by atoms with Gasteiger partial charge >= 0.3 is 0 Å². The summed E-state index contributed by atoms with van der Waals surface area (Å²) >= 11 is 0. The first-order valence-corrected chi connectivity index (χ1v) is 6.21. The van der Waals surface area contributed by atoms with E-state index in [9.17, 15) is 9.90 Å². The molecular formula is C14H22N2O3. The zero-order valence-corrected chi connectivity index (χ0v) is 11.7. The number of anilines is 1. The smallest absolute Gasteiger partial charge is 0.251 e. The summed E-state index contributed by atoms with van der Waals surface area (Å²) in [6.07, 6.45) is 0.458. The highest BCUT2D eigenvalue weighted by Gasteiger charge is 2.21. The molecule has 0 spiro atoms. The van der Waals surface area contributed by atoms with Gasteiger partial charge in [-0.05, 0) is 31.5 Å². The van der Waals surface area contributed by atoms with Crippen LogP contribution in [0.5, 0.6) is 0 Å². The summed E-state index contributed by atoms with van der Waals surface area (Å²) in [5, 5.41) is 12.8. The lowest BCUT2D eigenvalue weighted by molar-refractivity contribution is 0.0243. The molecule has 0 aliphatic rings. The molecule has 0 aliphatic carbocycles. The molecule has 0 fully saturated rings. The van der Waals surface area contributed by atoms with E-state index in [4.69, 9.17) is 10.5 Å². The molecule has 5 heteroatoms. The van der Waals surface area contributed by atoms with Gasteiger partial charge in [0.2, 0.25) is 0 Å². The van der Waals surface area contributed by atoms with Crippen molar-refractivity contribution in [2.75, 3.05) is 26.0 Å². The number of aliphatic hydroxyl groups is 1. The average Bonchev–Trinajstić information content (AvgIpc) is 2.36. The number of rotatable bonds is 6. The standard InChI is InChI=1S/C14H22N2O3/c1-10-4-5-11(15)8-12(10)13(17)16-9-14(2,18)6-7-19-3/h4-5,8,18H,6-7,9,15H2,1-3H3,(H,16,17). The summed E-state index contributed by atoms with van der Waals surface area (Å²) in [4.78, 5) is 12.0. The number of carbonyl (C=O) groups excluding carboxylic acids is 1.